The second kappa shape index (κ2) is 5.52. The zero-order valence-corrected chi connectivity index (χ0v) is 11.3. The first kappa shape index (κ1) is 15.0. The molecule has 0 radical (unpaired) electrons. The minimum absolute atomic E-state index is 0.151. The number of carbonyl (C=O) groups excluding carboxylic acids is 1. The lowest BCUT2D eigenvalue weighted by molar-refractivity contribution is -0.384. The molecule has 21 heavy (non-hydrogen) atoms. The largest absolute Gasteiger partial charge is 0.389 e. The van der Waals surface area contributed by atoms with Gasteiger partial charge in [-0.2, -0.15) is 0 Å². The number of urea groups is 1. The molecule has 0 bridgehead atoms. The van der Waals surface area contributed by atoms with Gasteiger partial charge in [-0.25, -0.2) is 21.5 Å². The van der Waals surface area contributed by atoms with E-state index in [2.05, 4.69) is 0 Å². The molecule has 1 heterocycles. The van der Waals surface area contributed by atoms with Crippen LogP contribution in [0.3, 0.4) is 0 Å². The Labute approximate surface area is 120 Å². The standard InChI is InChI=1S/C11H16N6O4/c1-14(12)11(19)16(13)10-4-7(17(20)21)2-3-9(10)15-5-8(18)6-15/h2-4,8,18H,5-6,12-13H2,1H3. The molecule has 1 fully saturated rings. The fraction of sp³-hybridized carbons (Fsp3) is 0.364. The number of nitro groups is 1. The summed E-state index contributed by atoms with van der Waals surface area (Å²) in [6.45, 7) is 0.733. The summed E-state index contributed by atoms with van der Waals surface area (Å²) in [5, 5.41) is 21.7. The fourth-order valence-electron chi connectivity index (χ4n) is 2.01. The van der Waals surface area contributed by atoms with E-state index >= 15 is 0 Å². The highest BCUT2D eigenvalue weighted by Crippen LogP contribution is 2.34. The van der Waals surface area contributed by atoms with Gasteiger partial charge in [0, 0.05) is 32.3 Å². The monoisotopic (exact) mass is 296 g/mol. The molecule has 0 unspecified atom stereocenters. The van der Waals surface area contributed by atoms with E-state index in [9.17, 15) is 20.0 Å². The summed E-state index contributed by atoms with van der Waals surface area (Å²) in [6, 6.07) is 3.27. The number of benzene rings is 1. The summed E-state index contributed by atoms with van der Waals surface area (Å²) in [5.74, 6) is 11.1. The lowest BCUT2D eigenvalue weighted by Crippen LogP contribution is -2.53. The van der Waals surface area contributed by atoms with Crippen LogP contribution in [0.2, 0.25) is 0 Å². The van der Waals surface area contributed by atoms with Gasteiger partial charge in [0.2, 0.25) is 0 Å². The number of non-ortho nitro benzene ring substituents is 1. The zero-order chi connectivity index (χ0) is 15.7. The lowest BCUT2D eigenvalue weighted by Gasteiger charge is -2.39. The molecular formula is C11H16N6O4. The number of nitrogens with two attached hydrogens (primary N) is 2. The van der Waals surface area contributed by atoms with Gasteiger partial charge < -0.3 is 10.0 Å². The number of hydrazine groups is 2. The predicted molar refractivity (Wildman–Crippen MR) is 75.3 cm³/mol. The molecule has 2 rings (SSSR count). The Morgan fingerprint density at radius 1 is 1.48 bits per heavy atom. The molecule has 0 atom stereocenters. The Morgan fingerprint density at radius 2 is 2.10 bits per heavy atom. The number of aliphatic hydroxyl groups excluding tert-OH is 1. The molecule has 114 valence electrons. The summed E-state index contributed by atoms with van der Waals surface area (Å²) < 4.78 is 0. The zero-order valence-electron chi connectivity index (χ0n) is 11.3. The SMILES string of the molecule is CN(N)C(=O)N(N)c1cc([N+](=O)[O-])ccc1N1CC(O)C1. The molecule has 2 amide bonds. The van der Waals surface area contributed by atoms with Crippen molar-refractivity contribution in [2.24, 2.45) is 11.7 Å². The minimum Gasteiger partial charge on any atom is -0.389 e. The van der Waals surface area contributed by atoms with E-state index in [1.807, 2.05) is 0 Å². The van der Waals surface area contributed by atoms with Crippen LogP contribution in [0.1, 0.15) is 0 Å². The van der Waals surface area contributed by atoms with Crippen LogP contribution in [-0.4, -0.2) is 47.3 Å². The van der Waals surface area contributed by atoms with Crippen LogP contribution in [0, 0.1) is 10.1 Å². The summed E-state index contributed by atoms with van der Waals surface area (Å²) in [4.78, 5) is 23.9. The molecule has 0 saturated carbocycles. The third kappa shape index (κ3) is 2.86. The number of hydrogen-bond donors (Lipinski definition) is 3. The first-order valence-electron chi connectivity index (χ1n) is 6.10. The number of carbonyl (C=O) groups is 1. The van der Waals surface area contributed by atoms with E-state index in [-0.39, 0.29) is 11.4 Å². The summed E-state index contributed by atoms with van der Waals surface area (Å²) in [6.07, 6.45) is -0.466. The van der Waals surface area contributed by atoms with Crippen molar-refractivity contribution < 1.29 is 14.8 Å². The van der Waals surface area contributed by atoms with Gasteiger partial charge in [-0.1, -0.05) is 0 Å². The molecule has 10 heteroatoms. The molecule has 0 aromatic heterocycles. The average Bonchev–Trinajstić information content (AvgIpc) is 2.41. The maximum Gasteiger partial charge on any atom is 0.352 e. The van der Waals surface area contributed by atoms with E-state index in [0.29, 0.717) is 18.8 Å². The first-order valence-corrected chi connectivity index (χ1v) is 6.10. The molecule has 1 aromatic rings. The van der Waals surface area contributed by atoms with Gasteiger partial charge in [-0.05, 0) is 6.07 Å². The Bertz CT molecular complexity index is 572. The Kier molecular flexibility index (Phi) is 3.93. The molecule has 0 spiro atoms. The maximum atomic E-state index is 11.8. The second-order valence-electron chi connectivity index (χ2n) is 4.75. The first-order chi connectivity index (χ1) is 9.81. The van der Waals surface area contributed by atoms with Gasteiger partial charge in [0.25, 0.3) is 5.69 Å². The lowest BCUT2D eigenvalue weighted by atomic mass is 10.1. The normalized spacial score (nSPS) is 14.6. The number of anilines is 2. The van der Waals surface area contributed by atoms with Gasteiger partial charge >= 0.3 is 6.03 Å². The maximum absolute atomic E-state index is 11.8. The molecule has 0 aliphatic carbocycles. The van der Waals surface area contributed by atoms with Gasteiger partial charge in [0.1, 0.15) is 0 Å². The summed E-state index contributed by atoms with van der Waals surface area (Å²) >= 11 is 0. The molecule has 5 N–H and O–H groups in total. The number of nitrogens with zero attached hydrogens (tertiary/aromatic N) is 4. The third-order valence-corrected chi connectivity index (χ3v) is 3.14. The molecule has 1 aromatic carbocycles. The van der Waals surface area contributed by atoms with Crippen LogP contribution < -0.4 is 21.6 Å². The summed E-state index contributed by atoms with van der Waals surface area (Å²) in [5.41, 5.74) is 0.472. The number of β-amino-alcohol motifs (C(OH)–C–C–N with tert-alkyl or cyclic N) is 1. The topological polar surface area (TPSA) is 142 Å². The van der Waals surface area contributed by atoms with Crippen molar-refractivity contribution in [1.82, 2.24) is 5.01 Å². The molecule has 1 saturated heterocycles. The van der Waals surface area contributed by atoms with E-state index in [1.165, 1.54) is 25.2 Å². The van der Waals surface area contributed by atoms with Crippen LogP contribution in [0.5, 0.6) is 0 Å². The van der Waals surface area contributed by atoms with Crippen molar-refractivity contribution in [3.63, 3.8) is 0 Å². The number of nitro benzene ring substituents is 1. The van der Waals surface area contributed by atoms with Gasteiger partial charge in [-0.3, -0.25) is 15.1 Å². The van der Waals surface area contributed by atoms with Crippen molar-refractivity contribution in [3.05, 3.63) is 28.3 Å². The van der Waals surface area contributed by atoms with Crippen molar-refractivity contribution in [2.75, 3.05) is 30.0 Å². The summed E-state index contributed by atoms with van der Waals surface area (Å²) in [7, 11) is 1.31. The quantitative estimate of drug-likeness (QED) is 0.292. The highest BCUT2D eigenvalue weighted by atomic mass is 16.6. The Morgan fingerprint density at radius 3 is 2.57 bits per heavy atom. The van der Waals surface area contributed by atoms with E-state index in [1.54, 1.807) is 4.90 Å². The number of amides is 2. The van der Waals surface area contributed by atoms with E-state index in [4.69, 9.17) is 11.7 Å². The van der Waals surface area contributed by atoms with Gasteiger partial charge in [0.05, 0.1) is 22.4 Å². The Balaban J connectivity index is 2.41. The molecule has 1 aliphatic heterocycles. The number of aliphatic hydroxyl groups is 1. The Hall–Kier alpha value is -2.43. The van der Waals surface area contributed by atoms with Crippen molar-refractivity contribution in [3.8, 4) is 0 Å². The van der Waals surface area contributed by atoms with Crippen LogP contribution in [0.4, 0.5) is 21.9 Å². The van der Waals surface area contributed by atoms with Gasteiger partial charge in [0.15, 0.2) is 0 Å². The third-order valence-electron chi connectivity index (χ3n) is 3.14. The smallest absolute Gasteiger partial charge is 0.352 e. The molecule has 10 nitrogen and oxygen atoms in total. The minimum atomic E-state index is -0.724. The number of hydrogen-bond acceptors (Lipinski definition) is 7. The van der Waals surface area contributed by atoms with Crippen molar-refractivity contribution in [1.29, 1.82) is 0 Å². The number of rotatable bonds is 3. The average molecular weight is 296 g/mol. The van der Waals surface area contributed by atoms with E-state index in [0.717, 1.165) is 10.0 Å². The van der Waals surface area contributed by atoms with Crippen molar-refractivity contribution >= 4 is 23.1 Å². The van der Waals surface area contributed by atoms with Crippen LogP contribution >= 0.6 is 0 Å². The van der Waals surface area contributed by atoms with Crippen LogP contribution in [-0.2, 0) is 0 Å². The molecular weight excluding hydrogens is 280 g/mol. The second-order valence-corrected chi connectivity index (χ2v) is 4.75. The van der Waals surface area contributed by atoms with Crippen LogP contribution in [0.15, 0.2) is 18.2 Å². The predicted octanol–water partition coefficient (Wildman–Crippen LogP) is -0.619. The van der Waals surface area contributed by atoms with E-state index < -0.39 is 17.1 Å². The highest BCUT2D eigenvalue weighted by molar-refractivity contribution is 5.95. The van der Waals surface area contributed by atoms with Gasteiger partial charge in [-0.15, -0.1) is 0 Å². The van der Waals surface area contributed by atoms with Crippen LogP contribution in [0.25, 0.3) is 0 Å². The van der Waals surface area contributed by atoms with Crippen molar-refractivity contribution in [2.45, 2.75) is 6.10 Å². The fourth-order valence-corrected chi connectivity index (χ4v) is 2.01. The molecule has 1 aliphatic rings. The highest BCUT2D eigenvalue weighted by Gasteiger charge is 2.30.